The van der Waals surface area contributed by atoms with Crippen LogP contribution in [-0.4, -0.2) is 31.1 Å². The molecule has 2 aliphatic rings. The molecule has 0 spiro atoms. The van der Waals surface area contributed by atoms with Gasteiger partial charge in [-0.05, 0) is 37.7 Å². The van der Waals surface area contributed by atoms with E-state index < -0.39 is 0 Å². The van der Waals surface area contributed by atoms with Gasteiger partial charge in [-0.15, -0.1) is 0 Å². The van der Waals surface area contributed by atoms with Gasteiger partial charge in [0.2, 0.25) is 0 Å². The summed E-state index contributed by atoms with van der Waals surface area (Å²) in [4.78, 5) is 2.43. The molecule has 1 N–H and O–H groups in total. The molecule has 1 saturated heterocycles. The van der Waals surface area contributed by atoms with Crippen LogP contribution in [0.25, 0.3) is 0 Å². The number of nitrogens with zero attached hydrogens (tertiary/aromatic N) is 1. The lowest BCUT2D eigenvalue weighted by molar-refractivity contribution is 0.243. The molecule has 0 aromatic heterocycles. The van der Waals surface area contributed by atoms with Crippen molar-refractivity contribution in [2.45, 2.75) is 18.4 Å². The second-order valence-electron chi connectivity index (χ2n) is 4.61. The Labute approximate surface area is 98.8 Å². The third-order valence-electron chi connectivity index (χ3n) is 3.58. The number of fused-ring (bicyclic) bond motifs is 3. The summed E-state index contributed by atoms with van der Waals surface area (Å²) in [5.41, 5.74) is 2.81. The van der Waals surface area contributed by atoms with Crippen LogP contribution in [0, 0.1) is 0 Å². The number of anilines is 1. The highest BCUT2D eigenvalue weighted by atomic mass is 79.9. The fourth-order valence-corrected chi connectivity index (χ4v) is 3.48. The molecule has 80 valence electrons. The number of hydrogen-bond donors (Lipinski definition) is 1. The minimum Gasteiger partial charge on any atom is -0.381 e. The van der Waals surface area contributed by atoms with Gasteiger partial charge in [-0.2, -0.15) is 0 Å². The van der Waals surface area contributed by atoms with Crippen LogP contribution in [-0.2, 0) is 0 Å². The third kappa shape index (κ3) is 1.49. The zero-order valence-electron chi connectivity index (χ0n) is 8.83. The maximum absolute atomic E-state index is 3.67. The Kier molecular flexibility index (Phi) is 2.25. The van der Waals surface area contributed by atoms with E-state index in [9.17, 15) is 0 Å². The Morgan fingerprint density at radius 3 is 3.20 bits per heavy atom. The first-order valence-electron chi connectivity index (χ1n) is 5.49. The van der Waals surface area contributed by atoms with Gasteiger partial charge in [0.15, 0.2) is 0 Å². The summed E-state index contributed by atoms with van der Waals surface area (Å²) in [6.45, 7) is 2.38. The normalized spacial score (nSPS) is 29.5. The molecular formula is C12H15BrN2. The molecule has 2 unspecified atom stereocenters. The highest BCUT2D eigenvalue weighted by Crippen LogP contribution is 2.43. The predicted molar refractivity (Wildman–Crippen MR) is 66.4 cm³/mol. The van der Waals surface area contributed by atoms with Crippen molar-refractivity contribution < 1.29 is 0 Å². The monoisotopic (exact) mass is 266 g/mol. The molecule has 3 rings (SSSR count). The molecule has 15 heavy (non-hydrogen) atoms. The molecular weight excluding hydrogens is 252 g/mol. The zero-order chi connectivity index (χ0) is 10.4. The number of hydrogen-bond acceptors (Lipinski definition) is 2. The Morgan fingerprint density at radius 1 is 1.47 bits per heavy atom. The van der Waals surface area contributed by atoms with E-state index in [2.05, 4.69) is 51.4 Å². The first-order valence-corrected chi connectivity index (χ1v) is 6.28. The molecule has 2 atom stereocenters. The van der Waals surface area contributed by atoms with Crippen molar-refractivity contribution in [2.75, 3.05) is 25.5 Å². The standard InChI is InChI=1S/C12H15BrN2/c1-15-6-5-10-8(7-15)12-9(13)3-2-4-11(12)14-10/h2-4,8,10,14H,5-7H2,1H3. The van der Waals surface area contributed by atoms with Gasteiger partial charge < -0.3 is 10.2 Å². The minimum atomic E-state index is 0.648. The summed E-state index contributed by atoms with van der Waals surface area (Å²) in [6, 6.07) is 7.10. The largest absolute Gasteiger partial charge is 0.381 e. The number of rotatable bonds is 0. The Morgan fingerprint density at radius 2 is 2.33 bits per heavy atom. The summed E-state index contributed by atoms with van der Waals surface area (Å²) >= 11 is 3.67. The van der Waals surface area contributed by atoms with Gasteiger partial charge in [0, 0.05) is 28.7 Å². The highest BCUT2D eigenvalue weighted by Gasteiger charge is 2.36. The van der Waals surface area contributed by atoms with Crippen molar-refractivity contribution in [2.24, 2.45) is 0 Å². The Balaban J connectivity index is 2.02. The molecule has 0 radical (unpaired) electrons. The van der Waals surface area contributed by atoms with Crippen LogP contribution in [0.15, 0.2) is 22.7 Å². The van der Waals surface area contributed by atoms with Gasteiger partial charge >= 0.3 is 0 Å². The van der Waals surface area contributed by atoms with Crippen molar-refractivity contribution in [1.82, 2.24) is 4.90 Å². The molecule has 1 fully saturated rings. The summed E-state index contributed by atoms with van der Waals surface area (Å²) in [7, 11) is 2.21. The van der Waals surface area contributed by atoms with Crippen LogP contribution in [0.4, 0.5) is 5.69 Å². The first-order chi connectivity index (χ1) is 7.25. The van der Waals surface area contributed by atoms with E-state index in [1.807, 2.05) is 0 Å². The van der Waals surface area contributed by atoms with Crippen molar-refractivity contribution in [1.29, 1.82) is 0 Å². The number of likely N-dealkylation sites (tertiary alicyclic amines) is 1. The maximum atomic E-state index is 3.67. The van der Waals surface area contributed by atoms with Gasteiger partial charge in [0.05, 0.1) is 0 Å². The van der Waals surface area contributed by atoms with Gasteiger partial charge in [-0.1, -0.05) is 22.0 Å². The second kappa shape index (κ2) is 3.49. The summed E-state index contributed by atoms with van der Waals surface area (Å²) in [6.07, 6.45) is 1.25. The summed E-state index contributed by atoms with van der Waals surface area (Å²) in [5.74, 6) is 0.661. The number of piperidine rings is 1. The minimum absolute atomic E-state index is 0.648. The van der Waals surface area contributed by atoms with Gasteiger partial charge in [0.25, 0.3) is 0 Å². The van der Waals surface area contributed by atoms with E-state index in [0.717, 1.165) is 0 Å². The molecule has 0 amide bonds. The predicted octanol–water partition coefficient (Wildman–Crippen LogP) is 2.66. The fourth-order valence-electron chi connectivity index (χ4n) is 2.82. The van der Waals surface area contributed by atoms with Gasteiger partial charge in [-0.25, -0.2) is 0 Å². The molecule has 0 aliphatic carbocycles. The van der Waals surface area contributed by atoms with E-state index in [-0.39, 0.29) is 0 Å². The lowest BCUT2D eigenvalue weighted by Gasteiger charge is -2.32. The van der Waals surface area contributed by atoms with Crippen molar-refractivity contribution in [3.05, 3.63) is 28.2 Å². The van der Waals surface area contributed by atoms with E-state index in [1.165, 1.54) is 35.2 Å². The van der Waals surface area contributed by atoms with Crippen LogP contribution < -0.4 is 5.32 Å². The topological polar surface area (TPSA) is 15.3 Å². The fraction of sp³-hybridized carbons (Fsp3) is 0.500. The third-order valence-corrected chi connectivity index (χ3v) is 4.27. The van der Waals surface area contributed by atoms with Crippen molar-refractivity contribution in [3.63, 3.8) is 0 Å². The number of benzene rings is 1. The average Bonchev–Trinajstić information content (AvgIpc) is 2.57. The number of likely N-dealkylation sites (N-methyl/N-ethyl adjacent to an activating group) is 1. The molecule has 2 aliphatic heterocycles. The molecule has 0 bridgehead atoms. The summed E-state index contributed by atoms with van der Waals surface area (Å²) in [5, 5.41) is 3.64. The molecule has 1 aromatic rings. The van der Waals surface area contributed by atoms with Crippen LogP contribution in [0.2, 0.25) is 0 Å². The molecule has 0 saturated carbocycles. The van der Waals surface area contributed by atoms with Crippen LogP contribution >= 0.6 is 15.9 Å². The molecule has 1 aromatic carbocycles. The lowest BCUT2D eigenvalue weighted by atomic mass is 9.90. The van der Waals surface area contributed by atoms with Gasteiger partial charge in [0.1, 0.15) is 0 Å². The average molecular weight is 267 g/mol. The number of nitrogens with one attached hydrogen (secondary N) is 1. The van der Waals surface area contributed by atoms with Gasteiger partial charge in [-0.3, -0.25) is 0 Å². The first kappa shape index (κ1) is 9.67. The summed E-state index contributed by atoms with van der Waals surface area (Å²) < 4.78 is 1.26. The lowest BCUT2D eigenvalue weighted by Crippen LogP contribution is -2.39. The Hall–Kier alpha value is -0.540. The Bertz CT molecular complexity index is 391. The van der Waals surface area contributed by atoms with E-state index in [4.69, 9.17) is 0 Å². The highest BCUT2D eigenvalue weighted by molar-refractivity contribution is 9.10. The molecule has 2 nitrogen and oxygen atoms in total. The van der Waals surface area contributed by atoms with Crippen LogP contribution in [0.5, 0.6) is 0 Å². The van der Waals surface area contributed by atoms with E-state index in [1.54, 1.807) is 0 Å². The van der Waals surface area contributed by atoms with Crippen molar-refractivity contribution in [3.8, 4) is 0 Å². The van der Waals surface area contributed by atoms with Crippen LogP contribution in [0.3, 0.4) is 0 Å². The maximum Gasteiger partial charge on any atom is 0.0390 e. The van der Waals surface area contributed by atoms with E-state index in [0.29, 0.717) is 12.0 Å². The SMILES string of the molecule is CN1CCC2Nc3cccc(Br)c3C2C1. The quantitative estimate of drug-likeness (QED) is 0.777. The smallest absolute Gasteiger partial charge is 0.0390 e. The molecule has 3 heteroatoms. The van der Waals surface area contributed by atoms with Crippen LogP contribution in [0.1, 0.15) is 17.9 Å². The number of halogens is 1. The second-order valence-corrected chi connectivity index (χ2v) is 5.46. The molecule has 2 heterocycles. The van der Waals surface area contributed by atoms with E-state index >= 15 is 0 Å². The van der Waals surface area contributed by atoms with Crippen molar-refractivity contribution >= 4 is 21.6 Å². The zero-order valence-corrected chi connectivity index (χ0v) is 10.4.